The number of aromatic nitrogens is 1. The van der Waals surface area contributed by atoms with E-state index in [-0.39, 0.29) is 0 Å². The van der Waals surface area contributed by atoms with E-state index in [0.29, 0.717) is 6.04 Å². The lowest BCUT2D eigenvalue weighted by Crippen LogP contribution is -2.34. The number of rotatable bonds is 3. The fourth-order valence-electron chi connectivity index (χ4n) is 3.61. The molecule has 2 aliphatic heterocycles. The van der Waals surface area contributed by atoms with Crippen LogP contribution in [0.15, 0.2) is 40.3 Å². The van der Waals surface area contributed by atoms with Crippen molar-refractivity contribution < 1.29 is 0 Å². The van der Waals surface area contributed by atoms with Crippen LogP contribution in [0.3, 0.4) is 0 Å². The molecule has 2 fully saturated rings. The zero-order valence-electron chi connectivity index (χ0n) is 11.8. The molecule has 2 saturated heterocycles. The number of pyridine rings is 1. The molecule has 2 aromatic rings. The first kappa shape index (κ1) is 13.7. The third-order valence-electron chi connectivity index (χ3n) is 4.62. The van der Waals surface area contributed by atoms with Crippen LogP contribution in [-0.4, -0.2) is 35.6 Å². The third-order valence-corrected chi connectivity index (χ3v) is 6.23. The molecule has 0 N–H and O–H groups in total. The molecule has 0 radical (unpaired) electrons. The fourth-order valence-corrected chi connectivity index (χ4v) is 5.12. The van der Waals surface area contributed by atoms with Gasteiger partial charge in [0.2, 0.25) is 0 Å². The van der Waals surface area contributed by atoms with Crippen molar-refractivity contribution in [1.82, 2.24) is 9.88 Å². The Kier molecular flexibility index (Phi) is 3.73. The zero-order valence-corrected chi connectivity index (χ0v) is 14.2. The largest absolute Gasteiger partial charge is 0.355 e. The summed E-state index contributed by atoms with van der Waals surface area (Å²) < 4.78 is 1.23. The summed E-state index contributed by atoms with van der Waals surface area (Å²) in [5, 5.41) is 0. The molecule has 5 heteroatoms. The van der Waals surface area contributed by atoms with Crippen molar-refractivity contribution in [3.8, 4) is 0 Å². The van der Waals surface area contributed by atoms with E-state index in [2.05, 4.69) is 55.0 Å². The minimum atomic E-state index is 0.688. The predicted octanol–water partition coefficient (Wildman–Crippen LogP) is 3.62. The number of thiophene rings is 1. The molecule has 0 spiro atoms. The Balaban J connectivity index is 1.46. The smallest absolute Gasteiger partial charge is 0.128 e. The van der Waals surface area contributed by atoms with E-state index in [9.17, 15) is 0 Å². The monoisotopic (exact) mass is 363 g/mol. The molecule has 0 amide bonds. The second-order valence-corrected chi connectivity index (χ2v) is 8.43. The van der Waals surface area contributed by atoms with Crippen LogP contribution in [0.4, 0.5) is 5.82 Å². The van der Waals surface area contributed by atoms with Crippen LogP contribution >= 0.6 is 27.3 Å². The number of hydrogen-bond acceptors (Lipinski definition) is 4. The second-order valence-electron chi connectivity index (χ2n) is 5.89. The van der Waals surface area contributed by atoms with Crippen molar-refractivity contribution in [2.75, 3.05) is 24.5 Å². The average molecular weight is 364 g/mol. The molecule has 4 heterocycles. The molecule has 0 bridgehead atoms. The van der Waals surface area contributed by atoms with Gasteiger partial charge in [0.1, 0.15) is 5.82 Å². The first-order chi connectivity index (χ1) is 10.3. The van der Waals surface area contributed by atoms with Gasteiger partial charge in [-0.1, -0.05) is 6.07 Å². The Morgan fingerprint density at radius 1 is 1.24 bits per heavy atom. The topological polar surface area (TPSA) is 19.4 Å². The minimum Gasteiger partial charge on any atom is -0.355 e. The fraction of sp³-hybridized carbons (Fsp3) is 0.438. The van der Waals surface area contributed by atoms with E-state index in [1.54, 1.807) is 0 Å². The van der Waals surface area contributed by atoms with E-state index in [4.69, 9.17) is 0 Å². The lowest BCUT2D eigenvalue weighted by atomic mass is 10.1. The first-order valence-corrected chi connectivity index (χ1v) is 9.05. The standard InChI is InChI=1S/C16H18BrN3S/c17-15-5-4-13(21-15)10-19-8-6-12-9-20(11-14(12)19)16-3-1-2-7-18-16/h1-5,7,12,14H,6,8-11H2. The molecule has 4 rings (SSSR count). The van der Waals surface area contributed by atoms with Crippen LogP contribution in [0.2, 0.25) is 0 Å². The molecule has 21 heavy (non-hydrogen) atoms. The number of halogens is 1. The van der Waals surface area contributed by atoms with Gasteiger partial charge in [-0.15, -0.1) is 11.3 Å². The van der Waals surface area contributed by atoms with Gasteiger partial charge in [0.05, 0.1) is 3.79 Å². The van der Waals surface area contributed by atoms with E-state index in [1.807, 2.05) is 23.6 Å². The Hall–Kier alpha value is -0.910. The quantitative estimate of drug-likeness (QED) is 0.829. The maximum Gasteiger partial charge on any atom is 0.128 e. The van der Waals surface area contributed by atoms with Crippen molar-refractivity contribution in [3.63, 3.8) is 0 Å². The highest BCUT2D eigenvalue weighted by Gasteiger charge is 2.41. The van der Waals surface area contributed by atoms with E-state index in [1.165, 1.54) is 21.6 Å². The van der Waals surface area contributed by atoms with Crippen molar-refractivity contribution >= 4 is 33.1 Å². The second kappa shape index (κ2) is 5.71. The maximum absolute atomic E-state index is 4.50. The van der Waals surface area contributed by atoms with Gasteiger partial charge < -0.3 is 4.90 Å². The van der Waals surface area contributed by atoms with Crippen LogP contribution in [0.25, 0.3) is 0 Å². The maximum atomic E-state index is 4.50. The molecule has 0 aromatic carbocycles. The highest BCUT2D eigenvalue weighted by atomic mass is 79.9. The molecular weight excluding hydrogens is 346 g/mol. The number of anilines is 1. The van der Waals surface area contributed by atoms with Gasteiger partial charge in [0.25, 0.3) is 0 Å². The minimum absolute atomic E-state index is 0.688. The SMILES string of the molecule is Brc1ccc(CN2CCC3CN(c4ccccn4)CC32)s1. The molecule has 110 valence electrons. The van der Waals surface area contributed by atoms with Crippen LogP contribution in [0.5, 0.6) is 0 Å². The molecule has 2 atom stereocenters. The summed E-state index contributed by atoms with van der Waals surface area (Å²) in [6.45, 7) is 4.61. The molecule has 2 aliphatic rings. The highest BCUT2D eigenvalue weighted by molar-refractivity contribution is 9.11. The molecular formula is C16H18BrN3S. The summed E-state index contributed by atoms with van der Waals surface area (Å²) in [4.78, 5) is 11.1. The van der Waals surface area contributed by atoms with Crippen LogP contribution < -0.4 is 4.90 Å². The van der Waals surface area contributed by atoms with E-state index < -0.39 is 0 Å². The Morgan fingerprint density at radius 3 is 2.95 bits per heavy atom. The Morgan fingerprint density at radius 2 is 2.19 bits per heavy atom. The van der Waals surface area contributed by atoms with E-state index in [0.717, 1.165) is 31.4 Å². The van der Waals surface area contributed by atoms with Gasteiger partial charge >= 0.3 is 0 Å². The summed E-state index contributed by atoms with van der Waals surface area (Å²) in [5.41, 5.74) is 0. The predicted molar refractivity (Wildman–Crippen MR) is 90.8 cm³/mol. The molecule has 0 saturated carbocycles. The average Bonchev–Trinajstić information content (AvgIpc) is 3.18. The number of nitrogens with zero attached hydrogens (tertiary/aromatic N) is 3. The molecule has 0 aliphatic carbocycles. The molecule has 3 nitrogen and oxygen atoms in total. The summed E-state index contributed by atoms with van der Waals surface area (Å²) in [6, 6.07) is 11.3. The van der Waals surface area contributed by atoms with Gasteiger partial charge in [-0.05, 0) is 59.1 Å². The zero-order chi connectivity index (χ0) is 14.2. The van der Waals surface area contributed by atoms with Crippen LogP contribution in [0, 0.1) is 5.92 Å². The van der Waals surface area contributed by atoms with Crippen molar-refractivity contribution in [2.45, 2.75) is 19.0 Å². The number of hydrogen-bond donors (Lipinski definition) is 0. The first-order valence-electron chi connectivity index (χ1n) is 7.44. The van der Waals surface area contributed by atoms with Crippen LogP contribution in [-0.2, 0) is 6.54 Å². The summed E-state index contributed by atoms with van der Waals surface area (Å²) in [5.74, 6) is 1.93. The molecule has 2 unspecified atom stereocenters. The summed E-state index contributed by atoms with van der Waals surface area (Å²) >= 11 is 5.42. The van der Waals surface area contributed by atoms with Crippen molar-refractivity contribution in [1.29, 1.82) is 0 Å². The Bertz CT molecular complexity index is 615. The van der Waals surface area contributed by atoms with Gasteiger partial charge in [0, 0.05) is 36.8 Å². The lowest BCUT2D eigenvalue weighted by Gasteiger charge is -2.24. The van der Waals surface area contributed by atoms with Crippen molar-refractivity contribution in [2.24, 2.45) is 5.92 Å². The summed E-state index contributed by atoms with van der Waals surface area (Å²) in [7, 11) is 0. The summed E-state index contributed by atoms with van der Waals surface area (Å²) in [6.07, 6.45) is 3.21. The number of likely N-dealkylation sites (tertiary alicyclic amines) is 1. The third kappa shape index (κ3) is 2.74. The van der Waals surface area contributed by atoms with Gasteiger partial charge in [-0.2, -0.15) is 0 Å². The van der Waals surface area contributed by atoms with Crippen molar-refractivity contribution in [3.05, 3.63) is 45.2 Å². The van der Waals surface area contributed by atoms with Gasteiger partial charge in [-0.25, -0.2) is 4.98 Å². The number of fused-ring (bicyclic) bond motifs is 1. The van der Waals surface area contributed by atoms with Gasteiger partial charge in [-0.3, -0.25) is 4.90 Å². The van der Waals surface area contributed by atoms with Gasteiger partial charge in [0.15, 0.2) is 0 Å². The molecule has 2 aromatic heterocycles. The normalized spacial score (nSPS) is 25.5. The van der Waals surface area contributed by atoms with E-state index >= 15 is 0 Å². The lowest BCUT2D eigenvalue weighted by molar-refractivity contribution is 0.248. The Labute approximate surface area is 137 Å². The highest BCUT2D eigenvalue weighted by Crippen LogP contribution is 2.35. The van der Waals surface area contributed by atoms with Crippen LogP contribution in [0.1, 0.15) is 11.3 Å².